The zero-order valence-electron chi connectivity index (χ0n) is 10.9. The van der Waals surface area contributed by atoms with Crippen molar-refractivity contribution < 1.29 is 8.42 Å². The molecule has 0 aromatic heterocycles. The van der Waals surface area contributed by atoms with Gasteiger partial charge in [0.2, 0.25) is 0 Å². The predicted molar refractivity (Wildman–Crippen MR) is 83.9 cm³/mol. The lowest BCUT2D eigenvalue weighted by molar-refractivity contribution is 0.601. The van der Waals surface area contributed by atoms with Crippen LogP contribution in [0, 0.1) is 0 Å². The van der Waals surface area contributed by atoms with Crippen molar-refractivity contribution >= 4 is 27.9 Å². The highest BCUT2D eigenvalue weighted by atomic mass is 32.2. The third kappa shape index (κ3) is 3.16. The largest absolute Gasteiger partial charge is 0.280 e. The summed E-state index contributed by atoms with van der Waals surface area (Å²) in [6.07, 6.45) is 3.37. The van der Waals surface area contributed by atoms with Gasteiger partial charge in [0.1, 0.15) is 0 Å². The molecule has 102 valence electrons. The molecule has 0 atom stereocenters. The summed E-state index contributed by atoms with van der Waals surface area (Å²) in [4.78, 5) is 0.218. The molecule has 0 radical (unpaired) electrons. The Bertz CT molecular complexity index is 714. The summed E-state index contributed by atoms with van der Waals surface area (Å²) in [5, 5.41) is 0. The second-order valence-corrected chi connectivity index (χ2v) is 5.89. The zero-order valence-corrected chi connectivity index (χ0v) is 11.7. The standard InChI is InChI=1S/C16H15NO2S/c1-3-13-5-9-15(10-6-13)17-20(18,19)16-11-7-14(4-2)8-12-16/h3-12,17H,1-2H2. The van der Waals surface area contributed by atoms with Crippen molar-refractivity contribution in [3.8, 4) is 0 Å². The Morgan fingerprint density at radius 2 is 1.25 bits per heavy atom. The van der Waals surface area contributed by atoms with Gasteiger partial charge in [0, 0.05) is 5.69 Å². The van der Waals surface area contributed by atoms with E-state index in [0.717, 1.165) is 11.1 Å². The summed E-state index contributed by atoms with van der Waals surface area (Å²) in [5.74, 6) is 0. The molecular formula is C16H15NO2S. The number of sulfonamides is 1. The molecule has 0 aliphatic heterocycles. The first-order valence-corrected chi connectivity index (χ1v) is 7.51. The van der Waals surface area contributed by atoms with E-state index in [1.165, 1.54) is 0 Å². The van der Waals surface area contributed by atoms with E-state index >= 15 is 0 Å². The molecule has 0 aliphatic rings. The van der Waals surface area contributed by atoms with Gasteiger partial charge >= 0.3 is 0 Å². The lowest BCUT2D eigenvalue weighted by Crippen LogP contribution is -2.12. The molecule has 0 amide bonds. The van der Waals surface area contributed by atoms with Crippen LogP contribution in [0.4, 0.5) is 5.69 Å². The van der Waals surface area contributed by atoms with Crippen molar-refractivity contribution in [3.63, 3.8) is 0 Å². The summed E-state index contributed by atoms with van der Waals surface area (Å²) in [6, 6.07) is 13.5. The molecule has 1 N–H and O–H groups in total. The van der Waals surface area contributed by atoms with Gasteiger partial charge in [0.15, 0.2) is 0 Å². The summed E-state index contributed by atoms with van der Waals surface area (Å²) >= 11 is 0. The maximum Gasteiger partial charge on any atom is 0.261 e. The van der Waals surface area contributed by atoms with Gasteiger partial charge in [0.05, 0.1) is 4.90 Å². The molecule has 2 aromatic carbocycles. The summed E-state index contributed by atoms with van der Waals surface area (Å²) in [7, 11) is -3.57. The summed E-state index contributed by atoms with van der Waals surface area (Å²) in [6.45, 7) is 7.29. The van der Waals surface area contributed by atoms with Crippen LogP contribution in [0.1, 0.15) is 11.1 Å². The monoisotopic (exact) mass is 285 g/mol. The van der Waals surface area contributed by atoms with Crippen molar-refractivity contribution in [2.45, 2.75) is 4.90 Å². The summed E-state index contributed by atoms with van der Waals surface area (Å²) < 4.78 is 26.9. The molecule has 2 aromatic rings. The van der Waals surface area contributed by atoms with Gasteiger partial charge in [-0.25, -0.2) is 8.42 Å². The van der Waals surface area contributed by atoms with Crippen LogP contribution in [0.2, 0.25) is 0 Å². The van der Waals surface area contributed by atoms with Crippen LogP contribution in [0.5, 0.6) is 0 Å². The average molecular weight is 285 g/mol. The highest BCUT2D eigenvalue weighted by molar-refractivity contribution is 7.92. The Kier molecular flexibility index (Phi) is 4.05. The van der Waals surface area contributed by atoms with Gasteiger partial charge in [-0.15, -0.1) is 0 Å². The average Bonchev–Trinajstić information content (AvgIpc) is 2.48. The van der Waals surface area contributed by atoms with Crippen LogP contribution in [0.3, 0.4) is 0 Å². The highest BCUT2D eigenvalue weighted by Crippen LogP contribution is 2.17. The predicted octanol–water partition coefficient (Wildman–Crippen LogP) is 3.77. The van der Waals surface area contributed by atoms with Crippen molar-refractivity contribution in [2.24, 2.45) is 0 Å². The van der Waals surface area contributed by atoms with Gasteiger partial charge in [-0.3, -0.25) is 4.72 Å². The van der Waals surface area contributed by atoms with Gasteiger partial charge in [-0.1, -0.05) is 49.6 Å². The fraction of sp³-hybridized carbons (Fsp3) is 0. The van der Waals surface area contributed by atoms with Crippen LogP contribution < -0.4 is 4.72 Å². The SMILES string of the molecule is C=Cc1ccc(NS(=O)(=O)c2ccc(C=C)cc2)cc1. The van der Waals surface area contributed by atoms with Gasteiger partial charge in [-0.05, 0) is 35.4 Å². The van der Waals surface area contributed by atoms with Crippen LogP contribution in [0.25, 0.3) is 12.2 Å². The van der Waals surface area contributed by atoms with Gasteiger partial charge in [0.25, 0.3) is 10.0 Å². The molecule has 2 rings (SSSR count). The molecule has 0 spiro atoms. The maximum atomic E-state index is 12.2. The van der Waals surface area contributed by atoms with Crippen molar-refractivity contribution in [2.75, 3.05) is 4.72 Å². The minimum absolute atomic E-state index is 0.218. The van der Waals surface area contributed by atoms with Crippen molar-refractivity contribution in [3.05, 3.63) is 72.8 Å². The van der Waals surface area contributed by atoms with E-state index < -0.39 is 10.0 Å². The molecular weight excluding hydrogens is 270 g/mol. The molecule has 0 heterocycles. The second-order valence-electron chi connectivity index (χ2n) is 4.20. The number of benzene rings is 2. The molecule has 0 saturated heterocycles. The lowest BCUT2D eigenvalue weighted by atomic mass is 10.2. The summed E-state index contributed by atoms with van der Waals surface area (Å²) in [5.41, 5.74) is 2.32. The van der Waals surface area contributed by atoms with E-state index in [4.69, 9.17) is 0 Å². The third-order valence-corrected chi connectivity index (χ3v) is 4.22. The first kappa shape index (κ1) is 14.1. The lowest BCUT2D eigenvalue weighted by Gasteiger charge is -2.08. The van der Waals surface area contributed by atoms with Crippen LogP contribution in [0.15, 0.2) is 66.6 Å². The molecule has 0 saturated carbocycles. The molecule has 0 unspecified atom stereocenters. The van der Waals surface area contributed by atoms with E-state index in [1.54, 1.807) is 60.7 Å². The topological polar surface area (TPSA) is 46.2 Å². The Balaban J connectivity index is 2.24. The fourth-order valence-electron chi connectivity index (χ4n) is 1.68. The van der Waals surface area contributed by atoms with E-state index in [-0.39, 0.29) is 4.90 Å². The highest BCUT2D eigenvalue weighted by Gasteiger charge is 2.13. The minimum Gasteiger partial charge on any atom is -0.280 e. The maximum absolute atomic E-state index is 12.2. The fourth-order valence-corrected chi connectivity index (χ4v) is 2.74. The Morgan fingerprint density at radius 3 is 1.70 bits per heavy atom. The van der Waals surface area contributed by atoms with E-state index in [9.17, 15) is 8.42 Å². The Hall–Kier alpha value is -2.33. The zero-order chi connectivity index (χ0) is 14.6. The molecule has 0 aliphatic carbocycles. The third-order valence-electron chi connectivity index (χ3n) is 2.82. The van der Waals surface area contributed by atoms with E-state index in [1.807, 2.05) is 0 Å². The Morgan fingerprint density at radius 1 is 0.800 bits per heavy atom. The van der Waals surface area contributed by atoms with Gasteiger partial charge < -0.3 is 0 Å². The second kappa shape index (κ2) is 5.75. The molecule has 20 heavy (non-hydrogen) atoms. The smallest absolute Gasteiger partial charge is 0.261 e. The molecule has 0 fully saturated rings. The number of rotatable bonds is 5. The first-order valence-electron chi connectivity index (χ1n) is 6.03. The Labute approximate surface area is 119 Å². The van der Waals surface area contributed by atoms with Gasteiger partial charge in [-0.2, -0.15) is 0 Å². The van der Waals surface area contributed by atoms with Crippen LogP contribution in [-0.4, -0.2) is 8.42 Å². The van der Waals surface area contributed by atoms with Crippen LogP contribution in [-0.2, 0) is 10.0 Å². The quantitative estimate of drug-likeness (QED) is 0.909. The van der Waals surface area contributed by atoms with Crippen molar-refractivity contribution in [1.29, 1.82) is 0 Å². The number of anilines is 1. The number of nitrogens with one attached hydrogen (secondary N) is 1. The van der Waals surface area contributed by atoms with Crippen LogP contribution >= 0.6 is 0 Å². The van der Waals surface area contributed by atoms with Crippen molar-refractivity contribution in [1.82, 2.24) is 0 Å². The molecule has 4 heteroatoms. The minimum atomic E-state index is -3.57. The first-order chi connectivity index (χ1) is 9.55. The molecule has 3 nitrogen and oxygen atoms in total. The molecule has 0 bridgehead atoms. The normalized spacial score (nSPS) is 10.8. The van der Waals surface area contributed by atoms with E-state index in [2.05, 4.69) is 17.9 Å². The van der Waals surface area contributed by atoms with E-state index in [0.29, 0.717) is 5.69 Å². The number of hydrogen-bond acceptors (Lipinski definition) is 2. The number of hydrogen-bond donors (Lipinski definition) is 1.